The van der Waals surface area contributed by atoms with Crippen LogP contribution in [0, 0.1) is 13.8 Å². The van der Waals surface area contributed by atoms with Gasteiger partial charge in [-0.2, -0.15) is 0 Å². The summed E-state index contributed by atoms with van der Waals surface area (Å²) in [5.74, 6) is 1.83. The van der Waals surface area contributed by atoms with E-state index in [1.54, 1.807) is 0 Å². The lowest BCUT2D eigenvalue weighted by molar-refractivity contribution is 0.0945. The van der Waals surface area contributed by atoms with Gasteiger partial charge in [-0.05, 0) is 55.8 Å². The Bertz CT molecular complexity index is 1480. The molecular weight excluding hydrogens is 428 g/mol. The first-order chi connectivity index (χ1) is 16.5. The van der Waals surface area contributed by atoms with E-state index >= 15 is 0 Å². The molecule has 5 rings (SSSR count). The third-order valence-electron chi connectivity index (χ3n) is 6.10. The molecule has 0 bridgehead atoms. The second kappa shape index (κ2) is 9.02. The maximum absolute atomic E-state index is 13.3. The van der Waals surface area contributed by atoms with Crippen LogP contribution in [0.3, 0.4) is 0 Å². The van der Waals surface area contributed by atoms with Crippen molar-refractivity contribution in [3.8, 4) is 5.75 Å². The molecule has 34 heavy (non-hydrogen) atoms. The largest absolute Gasteiger partial charge is 0.488 e. The first-order valence-electron chi connectivity index (χ1n) is 11.3. The van der Waals surface area contributed by atoms with Crippen LogP contribution in [0.15, 0.2) is 65.2 Å². The molecule has 3 aromatic carbocycles. The summed E-state index contributed by atoms with van der Waals surface area (Å²) < 4.78 is 13.5. The molecule has 0 aliphatic heterocycles. The molecule has 0 aliphatic carbocycles. The average Bonchev–Trinajstić information content (AvgIpc) is 3.38. The van der Waals surface area contributed by atoms with Crippen molar-refractivity contribution in [2.45, 2.75) is 40.5 Å². The molecule has 7 nitrogen and oxygen atoms in total. The zero-order chi connectivity index (χ0) is 23.7. The first kappa shape index (κ1) is 21.7. The van der Waals surface area contributed by atoms with Gasteiger partial charge in [-0.3, -0.25) is 4.79 Å². The molecule has 0 radical (unpaired) electrons. The summed E-state index contributed by atoms with van der Waals surface area (Å²) in [6, 6.07) is 19.7. The molecule has 5 aromatic rings. The summed E-state index contributed by atoms with van der Waals surface area (Å²) in [6.07, 6.45) is 0. The van der Waals surface area contributed by atoms with Gasteiger partial charge in [0.2, 0.25) is 0 Å². The fourth-order valence-electron chi connectivity index (χ4n) is 4.24. The monoisotopic (exact) mass is 454 g/mol. The number of rotatable bonds is 7. The van der Waals surface area contributed by atoms with E-state index in [0.717, 1.165) is 45.4 Å². The van der Waals surface area contributed by atoms with Crippen LogP contribution in [0.1, 0.15) is 40.1 Å². The predicted molar refractivity (Wildman–Crippen MR) is 131 cm³/mol. The van der Waals surface area contributed by atoms with Crippen molar-refractivity contribution in [2.24, 2.45) is 0 Å². The zero-order valence-electron chi connectivity index (χ0n) is 19.5. The van der Waals surface area contributed by atoms with Gasteiger partial charge in [-0.15, -0.1) is 0 Å². The molecule has 2 aromatic heterocycles. The Morgan fingerprint density at radius 3 is 2.53 bits per heavy atom. The summed E-state index contributed by atoms with van der Waals surface area (Å²) in [4.78, 5) is 18.0. The van der Waals surface area contributed by atoms with E-state index < -0.39 is 0 Å². The number of ether oxygens (including phenoxy) is 1. The van der Waals surface area contributed by atoms with Crippen molar-refractivity contribution < 1.29 is 14.1 Å². The molecule has 0 atom stereocenters. The number of aryl methyl sites for hydroxylation is 3. The smallest absolute Gasteiger partial charge is 0.255 e. The average molecular weight is 455 g/mol. The maximum Gasteiger partial charge on any atom is 0.255 e. The van der Waals surface area contributed by atoms with Gasteiger partial charge < -0.3 is 19.1 Å². The Kier molecular flexibility index (Phi) is 5.76. The molecular formula is C27H26N4O3. The number of carbonyl (C=O) groups is 1. The normalized spacial score (nSPS) is 11.3. The minimum absolute atomic E-state index is 0.214. The number of fused-ring (bicyclic) bond motifs is 2. The minimum Gasteiger partial charge on any atom is -0.488 e. The maximum atomic E-state index is 13.3. The summed E-state index contributed by atoms with van der Waals surface area (Å²) in [5.41, 5.74) is 4.12. The van der Waals surface area contributed by atoms with Crippen molar-refractivity contribution in [3.63, 3.8) is 0 Å². The van der Waals surface area contributed by atoms with Gasteiger partial charge in [-0.25, -0.2) is 4.98 Å². The molecule has 2 heterocycles. The van der Waals surface area contributed by atoms with Crippen LogP contribution in [0.25, 0.3) is 21.8 Å². The van der Waals surface area contributed by atoms with Crippen LogP contribution < -0.4 is 10.1 Å². The van der Waals surface area contributed by atoms with Crippen molar-refractivity contribution in [3.05, 3.63) is 89.1 Å². The second-order valence-electron chi connectivity index (χ2n) is 8.23. The number of carbonyl (C=O) groups excluding carboxylic acids is 1. The van der Waals surface area contributed by atoms with Gasteiger partial charge in [0.05, 0.1) is 34.4 Å². The molecule has 0 aliphatic rings. The molecule has 0 fully saturated rings. The number of nitrogens with zero attached hydrogens (tertiary/aromatic N) is 3. The molecule has 0 saturated carbocycles. The standard InChI is InChI=1S/C27H26N4O3/c1-4-31-24-12-8-7-11-23(24)29-26(31)15-28-27(32)21-13-19-9-5-6-10-20(19)14-25(21)33-16-22-17(2)30-34-18(22)3/h5-14H,4,15-16H2,1-3H3,(H,28,32). The summed E-state index contributed by atoms with van der Waals surface area (Å²) >= 11 is 0. The predicted octanol–water partition coefficient (Wildman–Crippen LogP) is 5.32. The van der Waals surface area contributed by atoms with Crippen LogP contribution in [-0.4, -0.2) is 20.6 Å². The van der Waals surface area contributed by atoms with Crippen molar-refractivity contribution in [1.29, 1.82) is 0 Å². The Morgan fingerprint density at radius 2 is 1.79 bits per heavy atom. The first-order valence-corrected chi connectivity index (χ1v) is 11.3. The highest BCUT2D eigenvalue weighted by Crippen LogP contribution is 2.28. The third kappa shape index (κ3) is 4.01. The lowest BCUT2D eigenvalue weighted by atomic mass is 10.1. The van der Waals surface area contributed by atoms with E-state index in [1.807, 2.05) is 74.5 Å². The summed E-state index contributed by atoms with van der Waals surface area (Å²) in [6.45, 7) is 7.16. The fourth-order valence-corrected chi connectivity index (χ4v) is 4.24. The van der Waals surface area contributed by atoms with Crippen molar-refractivity contribution >= 4 is 27.7 Å². The van der Waals surface area contributed by atoms with Gasteiger partial charge in [0.1, 0.15) is 23.9 Å². The van der Waals surface area contributed by atoms with Crippen molar-refractivity contribution in [2.75, 3.05) is 0 Å². The van der Waals surface area contributed by atoms with Gasteiger partial charge in [0.25, 0.3) is 5.91 Å². The van der Waals surface area contributed by atoms with E-state index in [0.29, 0.717) is 23.6 Å². The van der Waals surface area contributed by atoms with Crippen LogP contribution in [0.5, 0.6) is 5.75 Å². The quantitative estimate of drug-likeness (QED) is 0.360. The third-order valence-corrected chi connectivity index (χ3v) is 6.10. The van der Waals surface area contributed by atoms with E-state index in [9.17, 15) is 4.79 Å². The van der Waals surface area contributed by atoms with Crippen LogP contribution in [0.2, 0.25) is 0 Å². The Morgan fingerprint density at radius 1 is 1.06 bits per heavy atom. The zero-order valence-corrected chi connectivity index (χ0v) is 19.5. The number of imidazole rings is 1. The highest BCUT2D eigenvalue weighted by atomic mass is 16.5. The number of hydrogen-bond donors (Lipinski definition) is 1. The number of hydrogen-bond acceptors (Lipinski definition) is 5. The lowest BCUT2D eigenvalue weighted by Gasteiger charge is -2.14. The topological polar surface area (TPSA) is 82.2 Å². The SMILES string of the molecule is CCn1c(CNC(=O)c2cc3ccccc3cc2OCc2c(C)noc2C)nc2ccccc21. The Balaban J connectivity index is 1.43. The van der Waals surface area contributed by atoms with Crippen LogP contribution in [-0.2, 0) is 19.7 Å². The molecule has 0 spiro atoms. The van der Waals surface area contributed by atoms with E-state index in [4.69, 9.17) is 14.2 Å². The number of para-hydroxylation sites is 2. The number of nitrogens with one attached hydrogen (secondary N) is 1. The molecule has 7 heteroatoms. The van der Waals surface area contributed by atoms with Gasteiger partial charge in [0, 0.05) is 6.54 Å². The second-order valence-corrected chi connectivity index (χ2v) is 8.23. The van der Waals surface area contributed by atoms with E-state index in [1.165, 1.54) is 0 Å². The lowest BCUT2D eigenvalue weighted by Crippen LogP contribution is -2.25. The highest BCUT2D eigenvalue weighted by molar-refractivity contribution is 6.01. The Hall–Kier alpha value is -4.13. The van der Waals surface area contributed by atoms with Gasteiger partial charge in [-0.1, -0.05) is 41.6 Å². The Labute approximate surface area is 197 Å². The fraction of sp³-hybridized carbons (Fsp3) is 0.222. The van der Waals surface area contributed by atoms with E-state index in [2.05, 4.69) is 22.0 Å². The van der Waals surface area contributed by atoms with Gasteiger partial charge >= 0.3 is 0 Å². The molecule has 0 saturated heterocycles. The highest BCUT2D eigenvalue weighted by Gasteiger charge is 2.18. The van der Waals surface area contributed by atoms with E-state index in [-0.39, 0.29) is 12.5 Å². The van der Waals surface area contributed by atoms with Crippen LogP contribution in [0.4, 0.5) is 0 Å². The van der Waals surface area contributed by atoms with Crippen molar-refractivity contribution in [1.82, 2.24) is 20.0 Å². The minimum atomic E-state index is -0.214. The molecule has 1 amide bonds. The molecule has 0 unspecified atom stereocenters. The van der Waals surface area contributed by atoms with Crippen LogP contribution >= 0.6 is 0 Å². The number of benzene rings is 3. The number of aromatic nitrogens is 3. The molecule has 1 N–H and O–H groups in total. The summed E-state index contributed by atoms with van der Waals surface area (Å²) in [7, 11) is 0. The van der Waals surface area contributed by atoms with Gasteiger partial charge in [0.15, 0.2) is 0 Å². The summed E-state index contributed by atoms with van der Waals surface area (Å²) in [5, 5.41) is 9.00. The number of amides is 1. The molecule has 172 valence electrons.